The number of hydrogen-bond donors (Lipinski definition) is 1. The molecule has 7 heteroatoms. The number of anilines is 1. The van der Waals surface area contributed by atoms with Gasteiger partial charge in [-0.25, -0.2) is 0 Å². The van der Waals surface area contributed by atoms with Crippen molar-refractivity contribution < 1.29 is 9.53 Å². The van der Waals surface area contributed by atoms with E-state index in [1.807, 2.05) is 27.0 Å². The van der Waals surface area contributed by atoms with E-state index in [0.29, 0.717) is 16.3 Å². The van der Waals surface area contributed by atoms with Gasteiger partial charge in [0, 0.05) is 11.9 Å². The van der Waals surface area contributed by atoms with Crippen molar-refractivity contribution in [2.75, 3.05) is 11.9 Å². The Morgan fingerprint density at radius 2 is 2.12 bits per heavy atom. The third-order valence-corrected chi connectivity index (χ3v) is 5.10. The molecule has 0 atom stereocenters. The van der Waals surface area contributed by atoms with E-state index in [9.17, 15) is 10.1 Å². The van der Waals surface area contributed by atoms with E-state index >= 15 is 0 Å². The first-order valence-electron chi connectivity index (χ1n) is 7.60. The van der Waals surface area contributed by atoms with Gasteiger partial charge < -0.3 is 10.1 Å². The minimum atomic E-state index is -0.299. The van der Waals surface area contributed by atoms with Crippen LogP contribution in [0.4, 0.5) is 5.69 Å². The molecule has 2 aromatic heterocycles. The maximum absolute atomic E-state index is 12.2. The summed E-state index contributed by atoms with van der Waals surface area (Å²) in [6.45, 7) is 9.81. The number of nitrogens with zero attached hydrogens (tertiary/aromatic N) is 3. The molecule has 2 aromatic rings. The molecule has 1 amide bonds. The Bertz CT molecular complexity index is 806. The SMILES string of the molecule is Cc1nn(C)c(C)c1OCC(=O)Nc1cc(C(C)(C)C)sc1C#N. The highest BCUT2D eigenvalue weighted by Gasteiger charge is 2.21. The Labute approximate surface area is 146 Å². The highest BCUT2D eigenvalue weighted by atomic mass is 32.1. The van der Waals surface area contributed by atoms with Crippen molar-refractivity contribution in [3.05, 3.63) is 27.2 Å². The average molecular weight is 346 g/mol. The van der Waals surface area contributed by atoms with E-state index in [-0.39, 0.29) is 17.9 Å². The molecule has 2 rings (SSSR count). The Morgan fingerprint density at radius 1 is 1.46 bits per heavy atom. The van der Waals surface area contributed by atoms with Crippen LogP contribution in [0.5, 0.6) is 5.75 Å². The maximum atomic E-state index is 12.2. The lowest BCUT2D eigenvalue weighted by atomic mass is 9.94. The predicted molar refractivity (Wildman–Crippen MR) is 94.5 cm³/mol. The predicted octanol–water partition coefficient (Wildman–Crippen LogP) is 3.29. The molecule has 0 aromatic carbocycles. The summed E-state index contributed by atoms with van der Waals surface area (Å²) in [6, 6.07) is 4.00. The van der Waals surface area contributed by atoms with Crippen LogP contribution < -0.4 is 10.1 Å². The van der Waals surface area contributed by atoms with Gasteiger partial charge in [-0.05, 0) is 25.3 Å². The Kier molecular flexibility index (Phi) is 4.99. The van der Waals surface area contributed by atoms with Crippen LogP contribution in [0, 0.1) is 25.2 Å². The van der Waals surface area contributed by atoms with Gasteiger partial charge >= 0.3 is 0 Å². The van der Waals surface area contributed by atoms with Crippen LogP contribution in [0.25, 0.3) is 0 Å². The number of aryl methyl sites for hydroxylation is 2. The minimum Gasteiger partial charge on any atom is -0.480 e. The molecule has 0 spiro atoms. The molecule has 1 N–H and O–H groups in total. The first-order chi connectivity index (χ1) is 11.1. The highest BCUT2D eigenvalue weighted by Crippen LogP contribution is 2.35. The molecule has 0 fully saturated rings. The molecule has 0 aliphatic carbocycles. The van der Waals surface area contributed by atoms with Crippen molar-refractivity contribution in [1.29, 1.82) is 5.26 Å². The average Bonchev–Trinajstić information content (AvgIpc) is 2.99. The molecular weight excluding hydrogens is 324 g/mol. The van der Waals surface area contributed by atoms with E-state index in [1.54, 1.807) is 4.68 Å². The molecule has 0 aliphatic heterocycles. The summed E-state index contributed by atoms with van der Waals surface area (Å²) in [7, 11) is 1.83. The quantitative estimate of drug-likeness (QED) is 0.921. The first-order valence-corrected chi connectivity index (χ1v) is 8.42. The Hall–Kier alpha value is -2.33. The standard InChI is InChI=1S/C17H22N4O2S/c1-10-16(11(2)21(6)20-10)23-9-15(22)19-12-7-14(17(3,4)5)24-13(12)8-18/h7H,9H2,1-6H3,(H,19,22). The van der Waals surface area contributed by atoms with Crippen LogP contribution in [0.1, 0.15) is 41.9 Å². The van der Waals surface area contributed by atoms with E-state index in [0.717, 1.165) is 16.3 Å². The van der Waals surface area contributed by atoms with Crippen molar-refractivity contribution in [2.45, 2.75) is 40.0 Å². The number of aromatic nitrogens is 2. The monoisotopic (exact) mass is 346 g/mol. The lowest BCUT2D eigenvalue weighted by molar-refractivity contribution is -0.118. The molecule has 6 nitrogen and oxygen atoms in total. The Balaban J connectivity index is 2.08. The fourth-order valence-corrected chi connectivity index (χ4v) is 3.19. The van der Waals surface area contributed by atoms with Gasteiger partial charge in [0.1, 0.15) is 16.6 Å². The molecule has 0 unspecified atom stereocenters. The summed E-state index contributed by atoms with van der Waals surface area (Å²) in [6.07, 6.45) is 0. The number of rotatable bonds is 4. The molecule has 0 radical (unpaired) electrons. The second-order valence-electron chi connectivity index (χ2n) is 6.68. The van der Waals surface area contributed by atoms with Crippen LogP contribution in [-0.2, 0) is 17.3 Å². The number of carbonyl (C=O) groups excluding carboxylic acids is 1. The number of hydrogen-bond acceptors (Lipinski definition) is 5. The molecule has 2 heterocycles. The van der Waals surface area contributed by atoms with Gasteiger partial charge in [-0.15, -0.1) is 11.3 Å². The third kappa shape index (κ3) is 3.77. The minimum absolute atomic E-state index is 0.0698. The van der Waals surface area contributed by atoms with E-state index in [2.05, 4.69) is 37.3 Å². The Morgan fingerprint density at radius 3 is 2.62 bits per heavy atom. The third-order valence-electron chi connectivity index (χ3n) is 3.64. The zero-order chi connectivity index (χ0) is 18.1. The van der Waals surface area contributed by atoms with Gasteiger partial charge in [0.05, 0.1) is 11.4 Å². The van der Waals surface area contributed by atoms with Crippen LogP contribution in [-0.4, -0.2) is 22.3 Å². The summed E-state index contributed by atoms with van der Waals surface area (Å²) < 4.78 is 7.31. The second-order valence-corrected chi connectivity index (χ2v) is 7.73. The summed E-state index contributed by atoms with van der Waals surface area (Å²) in [4.78, 5) is 13.7. The largest absolute Gasteiger partial charge is 0.480 e. The summed E-state index contributed by atoms with van der Waals surface area (Å²) in [5, 5.41) is 16.3. The summed E-state index contributed by atoms with van der Waals surface area (Å²) in [5.74, 6) is 0.321. The van der Waals surface area contributed by atoms with Gasteiger partial charge in [-0.3, -0.25) is 9.48 Å². The normalized spacial score (nSPS) is 11.2. The van der Waals surface area contributed by atoms with Gasteiger partial charge in [0.25, 0.3) is 5.91 Å². The number of nitrogens with one attached hydrogen (secondary N) is 1. The lowest BCUT2D eigenvalue weighted by Crippen LogP contribution is -2.20. The number of amides is 1. The van der Waals surface area contributed by atoms with E-state index in [1.165, 1.54) is 11.3 Å². The van der Waals surface area contributed by atoms with E-state index < -0.39 is 0 Å². The van der Waals surface area contributed by atoms with Crippen molar-refractivity contribution in [2.24, 2.45) is 7.05 Å². The van der Waals surface area contributed by atoms with Gasteiger partial charge in [0.15, 0.2) is 12.4 Å². The number of carbonyl (C=O) groups is 1. The molecule has 128 valence electrons. The fourth-order valence-electron chi connectivity index (χ4n) is 2.22. The summed E-state index contributed by atoms with van der Waals surface area (Å²) in [5.41, 5.74) is 2.08. The van der Waals surface area contributed by atoms with Gasteiger partial charge in [-0.1, -0.05) is 20.8 Å². The van der Waals surface area contributed by atoms with Gasteiger partial charge in [-0.2, -0.15) is 10.4 Å². The first kappa shape index (κ1) is 18.0. The fraction of sp³-hybridized carbons (Fsp3) is 0.471. The van der Waals surface area contributed by atoms with Crippen molar-refractivity contribution >= 4 is 22.9 Å². The van der Waals surface area contributed by atoms with Gasteiger partial charge in [0.2, 0.25) is 0 Å². The lowest BCUT2D eigenvalue weighted by Gasteiger charge is -2.15. The maximum Gasteiger partial charge on any atom is 0.262 e. The topological polar surface area (TPSA) is 79.9 Å². The molecule has 0 bridgehead atoms. The number of ether oxygens (including phenoxy) is 1. The zero-order valence-corrected chi connectivity index (χ0v) is 15.7. The zero-order valence-electron chi connectivity index (χ0n) is 14.9. The van der Waals surface area contributed by atoms with Crippen LogP contribution >= 0.6 is 11.3 Å². The molecule has 0 aliphatic rings. The van der Waals surface area contributed by atoms with Crippen LogP contribution in [0.15, 0.2) is 6.07 Å². The van der Waals surface area contributed by atoms with Crippen molar-refractivity contribution in [3.63, 3.8) is 0 Å². The molecule has 24 heavy (non-hydrogen) atoms. The molecule has 0 saturated heterocycles. The highest BCUT2D eigenvalue weighted by molar-refractivity contribution is 7.13. The van der Waals surface area contributed by atoms with Crippen LogP contribution in [0.2, 0.25) is 0 Å². The van der Waals surface area contributed by atoms with Crippen molar-refractivity contribution in [3.8, 4) is 11.8 Å². The van der Waals surface area contributed by atoms with Crippen LogP contribution in [0.3, 0.4) is 0 Å². The summed E-state index contributed by atoms with van der Waals surface area (Å²) >= 11 is 1.40. The molecular formula is C17H22N4O2S. The number of nitriles is 1. The molecule has 0 saturated carbocycles. The number of thiophene rings is 1. The second kappa shape index (κ2) is 6.65. The smallest absolute Gasteiger partial charge is 0.262 e. The van der Waals surface area contributed by atoms with E-state index in [4.69, 9.17) is 4.74 Å². The van der Waals surface area contributed by atoms with Crippen molar-refractivity contribution in [1.82, 2.24) is 9.78 Å².